The van der Waals surface area contributed by atoms with Crippen LogP contribution in [-0.4, -0.2) is 28.7 Å². The first kappa shape index (κ1) is 17.3. The quantitative estimate of drug-likeness (QED) is 0.719. The lowest BCUT2D eigenvalue weighted by molar-refractivity contribution is -0.165. The van der Waals surface area contributed by atoms with Gasteiger partial charge in [0.05, 0.1) is 0 Å². The molecule has 1 atom stereocenters. The molecule has 0 unspecified atom stereocenters. The molecular formula is C11H23NO4. The van der Waals surface area contributed by atoms with Crippen molar-refractivity contribution < 1.29 is 19.4 Å². The molecule has 0 radical (unpaired) electrons. The molecule has 0 aromatic carbocycles. The summed E-state index contributed by atoms with van der Waals surface area (Å²) in [6.45, 7) is 10.5. The summed E-state index contributed by atoms with van der Waals surface area (Å²) in [6, 6.07) is 0. The molecule has 0 saturated heterocycles. The van der Waals surface area contributed by atoms with E-state index in [1.54, 1.807) is 13.8 Å². The van der Waals surface area contributed by atoms with Crippen LogP contribution in [0.15, 0.2) is 0 Å². The molecule has 0 spiro atoms. The number of hydrogen-bond donors (Lipinski definition) is 2. The molecule has 0 rings (SSSR count). The van der Waals surface area contributed by atoms with Crippen LogP contribution in [0.5, 0.6) is 0 Å². The molecule has 16 heavy (non-hydrogen) atoms. The van der Waals surface area contributed by atoms with Gasteiger partial charge < -0.3 is 15.6 Å². The molecule has 0 aromatic rings. The highest BCUT2D eigenvalue weighted by molar-refractivity contribution is 5.77. The Morgan fingerprint density at radius 3 is 1.62 bits per heavy atom. The van der Waals surface area contributed by atoms with E-state index in [4.69, 9.17) is 10.8 Å². The predicted octanol–water partition coefficient (Wildman–Crippen LogP) is 1.40. The van der Waals surface area contributed by atoms with Crippen LogP contribution in [0.1, 0.15) is 41.5 Å². The third-order valence-corrected chi connectivity index (χ3v) is 1.14. The summed E-state index contributed by atoms with van der Waals surface area (Å²) in [7, 11) is 0. The van der Waals surface area contributed by atoms with Gasteiger partial charge in [0.15, 0.2) is 0 Å². The first-order chi connectivity index (χ1) is 6.95. The Bertz CT molecular complexity index is 225. The molecule has 0 amide bonds. The first-order valence-electron chi connectivity index (χ1n) is 5.14. The normalized spacial score (nSPS) is 12.5. The van der Waals surface area contributed by atoms with Gasteiger partial charge in [-0.3, -0.25) is 4.79 Å². The van der Waals surface area contributed by atoms with Crippen molar-refractivity contribution in [1.82, 2.24) is 0 Å². The van der Waals surface area contributed by atoms with Crippen molar-refractivity contribution >= 4 is 11.9 Å². The second-order valence-electron chi connectivity index (χ2n) is 4.98. The Hall–Kier alpha value is -1.10. The summed E-state index contributed by atoms with van der Waals surface area (Å²) in [4.78, 5) is 20.8. The summed E-state index contributed by atoms with van der Waals surface area (Å²) in [5, 5.41) is 8.52. The van der Waals surface area contributed by atoms with Gasteiger partial charge in [-0.25, -0.2) is 4.79 Å². The Morgan fingerprint density at radius 2 is 1.56 bits per heavy atom. The van der Waals surface area contributed by atoms with E-state index >= 15 is 0 Å². The zero-order valence-corrected chi connectivity index (χ0v) is 10.9. The Labute approximate surface area is 97.0 Å². The van der Waals surface area contributed by atoms with Gasteiger partial charge in [0.25, 0.3) is 0 Å². The number of carbonyl (C=O) groups is 2. The van der Waals surface area contributed by atoms with Gasteiger partial charge in [0.2, 0.25) is 6.10 Å². The molecule has 96 valence electrons. The first-order valence-corrected chi connectivity index (χ1v) is 5.14. The topological polar surface area (TPSA) is 89.6 Å². The van der Waals surface area contributed by atoms with Crippen molar-refractivity contribution in [1.29, 1.82) is 0 Å². The standard InChI is InChI=1S/C7H12O4.C4H11N/c1-4(2)6(7(9)10)11-5(3)8;1-4(2,3)5/h4,6H,1-3H3,(H,9,10);5H2,1-3H3/t6-;/m1./s1. The van der Waals surface area contributed by atoms with Gasteiger partial charge in [-0.05, 0) is 20.8 Å². The molecule has 0 saturated carbocycles. The van der Waals surface area contributed by atoms with Crippen LogP contribution in [-0.2, 0) is 14.3 Å². The third-order valence-electron chi connectivity index (χ3n) is 1.14. The van der Waals surface area contributed by atoms with Crippen molar-refractivity contribution in [3.8, 4) is 0 Å². The number of carboxylic acid groups (broad SMARTS) is 1. The molecule has 5 heteroatoms. The van der Waals surface area contributed by atoms with Crippen LogP contribution in [0, 0.1) is 5.92 Å². The zero-order chi connectivity index (χ0) is 13.5. The number of carboxylic acids is 1. The van der Waals surface area contributed by atoms with Gasteiger partial charge in [-0.15, -0.1) is 0 Å². The minimum Gasteiger partial charge on any atom is -0.478 e. The molecule has 0 aromatic heterocycles. The summed E-state index contributed by atoms with van der Waals surface area (Å²) in [5.41, 5.74) is 5.35. The molecule has 0 fully saturated rings. The summed E-state index contributed by atoms with van der Waals surface area (Å²) in [6.07, 6.45) is -1.02. The van der Waals surface area contributed by atoms with E-state index in [9.17, 15) is 9.59 Å². The van der Waals surface area contributed by atoms with Crippen LogP contribution in [0.3, 0.4) is 0 Å². The highest BCUT2D eigenvalue weighted by atomic mass is 16.6. The zero-order valence-electron chi connectivity index (χ0n) is 10.9. The van der Waals surface area contributed by atoms with E-state index < -0.39 is 18.0 Å². The minimum absolute atomic E-state index is 0. The van der Waals surface area contributed by atoms with Crippen molar-refractivity contribution in [3.63, 3.8) is 0 Å². The second kappa shape index (κ2) is 7.22. The molecule has 0 bridgehead atoms. The lowest BCUT2D eigenvalue weighted by Crippen LogP contribution is -2.30. The van der Waals surface area contributed by atoms with Gasteiger partial charge in [0, 0.05) is 18.4 Å². The lowest BCUT2D eigenvalue weighted by Gasteiger charge is -2.15. The fourth-order valence-corrected chi connectivity index (χ4v) is 0.650. The predicted molar refractivity (Wildman–Crippen MR) is 62.0 cm³/mol. The monoisotopic (exact) mass is 233 g/mol. The van der Waals surface area contributed by atoms with Gasteiger partial charge >= 0.3 is 11.9 Å². The van der Waals surface area contributed by atoms with E-state index in [1.165, 1.54) is 6.92 Å². The maximum Gasteiger partial charge on any atom is 0.345 e. The van der Waals surface area contributed by atoms with Crippen molar-refractivity contribution in [2.24, 2.45) is 11.7 Å². The number of carbonyl (C=O) groups excluding carboxylic acids is 1. The second-order valence-corrected chi connectivity index (χ2v) is 4.98. The Morgan fingerprint density at radius 1 is 1.25 bits per heavy atom. The number of rotatable bonds is 3. The molecule has 0 aliphatic carbocycles. The van der Waals surface area contributed by atoms with Crippen LogP contribution in [0.25, 0.3) is 0 Å². The van der Waals surface area contributed by atoms with Crippen molar-refractivity contribution in [2.75, 3.05) is 0 Å². The smallest absolute Gasteiger partial charge is 0.345 e. The van der Waals surface area contributed by atoms with Gasteiger partial charge in [0.1, 0.15) is 0 Å². The van der Waals surface area contributed by atoms with Crippen LogP contribution in [0.4, 0.5) is 0 Å². The van der Waals surface area contributed by atoms with E-state index in [1.807, 2.05) is 20.8 Å². The highest BCUT2D eigenvalue weighted by Gasteiger charge is 2.23. The van der Waals surface area contributed by atoms with Crippen LogP contribution in [0.2, 0.25) is 0 Å². The van der Waals surface area contributed by atoms with Crippen molar-refractivity contribution in [3.05, 3.63) is 0 Å². The summed E-state index contributed by atoms with van der Waals surface area (Å²) in [5.74, 6) is -1.86. The molecule has 0 aliphatic heterocycles. The van der Waals surface area contributed by atoms with Crippen LogP contribution >= 0.6 is 0 Å². The summed E-state index contributed by atoms with van der Waals surface area (Å²) < 4.78 is 4.53. The highest BCUT2D eigenvalue weighted by Crippen LogP contribution is 2.06. The number of aliphatic carboxylic acids is 1. The van der Waals surface area contributed by atoms with Crippen LogP contribution < -0.4 is 5.73 Å². The number of hydrogen-bond acceptors (Lipinski definition) is 4. The van der Waals surface area contributed by atoms with E-state index in [0.717, 1.165) is 0 Å². The fraction of sp³-hybridized carbons (Fsp3) is 0.818. The minimum atomic E-state index is -1.10. The van der Waals surface area contributed by atoms with Gasteiger partial charge in [-0.2, -0.15) is 0 Å². The summed E-state index contributed by atoms with van der Waals surface area (Å²) >= 11 is 0. The van der Waals surface area contributed by atoms with E-state index in [-0.39, 0.29) is 11.5 Å². The molecular weight excluding hydrogens is 210 g/mol. The van der Waals surface area contributed by atoms with E-state index in [0.29, 0.717) is 0 Å². The number of esters is 1. The molecule has 0 heterocycles. The average Bonchev–Trinajstić information content (AvgIpc) is 1.95. The maximum absolute atomic E-state index is 10.4. The Balaban J connectivity index is 0. The lowest BCUT2D eigenvalue weighted by atomic mass is 10.1. The SMILES string of the molecule is CC(=O)O[C@@H](C(=O)O)C(C)C.CC(C)(C)N. The fourth-order valence-electron chi connectivity index (χ4n) is 0.650. The van der Waals surface area contributed by atoms with Crippen molar-refractivity contribution in [2.45, 2.75) is 53.2 Å². The largest absolute Gasteiger partial charge is 0.478 e. The third kappa shape index (κ3) is 15.4. The maximum atomic E-state index is 10.4. The molecule has 5 nitrogen and oxygen atoms in total. The number of nitrogens with two attached hydrogens (primary N) is 1. The molecule has 3 N–H and O–H groups in total. The Kier molecular flexibility index (Phi) is 7.81. The van der Waals surface area contributed by atoms with E-state index in [2.05, 4.69) is 4.74 Å². The average molecular weight is 233 g/mol. The van der Waals surface area contributed by atoms with Gasteiger partial charge in [-0.1, -0.05) is 13.8 Å². The number of ether oxygens (including phenoxy) is 1. The molecule has 0 aliphatic rings.